The van der Waals surface area contributed by atoms with Crippen LogP contribution >= 0.6 is 11.8 Å². The number of amides is 2. The predicted octanol–water partition coefficient (Wildman–Crippen LogP) is 1.89. The first-order chi connectivity index (χ1) is 11.2. The first-order valence-corrected chi connectivity index (χ1v) is 8.22. The van der Waals surface area contributed by atoms with Crippen molar-refractivity contribution in [3.05, 3.63) is 48.3 Å². The summed E-state index contributed by atoms with van der Waals surface area (Å²) in [5.74, 6) is -0.315. The molecule has 0 unspecified atom stereocenters. The number of aryl methyl sites for hydroxylation is 1. The highest BCUT2D eigenvalue weighted by molar-refractivity contribution is 7.99. The quantitative estimate of drug-likeness (QED) is 0.598. The molecule has 0 radical (unpaired) electrons. The van der Waals surface area contributed by atoms with E-state index in [1.807, 2.05) is 31.2 Å². The molecule has 1 aromatic carbocycles. The van der Waals surface area contributed by atoms with Gasteiger partial charge in [-0.1, -0.05) is 36.9 Å². The van der Waals surface area contributed by atoms with E-state index < -0.39 is 0 Å². The van der Waals surface area contributed by atoms with Crippen LogP contribution in [0.3, 0.4) is 0 Å². The number of rotatable bonds is 7. The van der Waals surface area contributed by atoms with Crippen molar-refractivity contribution in [2.24, 2.45) is 0 Å². The molecule has 0 spiro atoms. The van der Waals surface area contributed by atoms with E-state index in [1.165, 1.54) is 11.8 Å². The van der Waals surface area contributed by atoms with Crippen LogP contribution in [0.5, 0.6) is 0 Å². The Labute approximate surface area is 139 Å². The average molecular weight is 330 g/mol. The zero-order valence-electron chi connectivity index (χ0n) is 12.8. The molecule has 2 aromatic rings. The molecule has 0 atom stereocenters. The summed E-state index contributed by atoms with van der Waals surface area (Å²) in [5.41, 5.74) is 1.84. The Morgan fingerprint density at radius 2 is 1.83 bits per heavy atom. The monoisotopic (exact) mass is 330 g/mol. The van der Waals surface area contributed by atoms with E-state index in [1.54, 1.807) is 18.5 Å². The molecular weight excluding hydrogens is 312 g/mol. The molecule has 0 aliphatic rings. The van der Waals surface area contributed by atoms with Crippen LogP contribution in [0.15, 0.2) is 47.9 Å². The van der Waals surface area contributed by atoms with E-state index in [9.17, 15) is 9.59 Å². The number of carbonyl (C=O) groups is 2. The molecule has 23 heavy (non-hydrogen) atoms. The van der Waals surface area contributed by atoms with Crippen LogP contribution in [0.2, 0.25) is 0 Å². The first kappa shape index (κ1) is 17.0. The maximum absolute atomic E-state index is 11.9. The summed E-state index contributed by atoms with van der Waals surface area (Å²) in [6, 6.07) is 9.32. The molecular formula is C16H18N4O2S. The summed E-state index contributed by atoms with van der Waals surface area (Å²) in [4.78, 5) is 31.7. The third-order valence-corrected chi connectivity index (χ3v) is 3.87. The van der Waals surface area contributed by atoms with E-state index in [2.05, 4.69) is 20.6 Å². The molecule has 120 valence electrons. The van der Waals surface area contributed by atoms with Gasteiger partial charge in [0.25, 0.3) is 0 Å². The molecule has 0 aliphatic carbocycles. The molecule has 6 nitrogen and oxygen atoms in total. The van der Waals surface area contributed by atoms with Crippen LogP contribution in [0.25, 0.3) is 0 Å². The Balaban J connectivity index is 1.74. The molecule has 7 heteroatoms. The lowest BCUT2D eigenvalue weighted by molar-refractivity contribution is -0.122. The average Bonchev–Trinajstić information content (AvgIpc) is 2.59. The van der Waals surface area contributed by atoms with Crippen molar-refractivity contribution in [3.63, 3.8) is 0 Å². The largest absolute Gasteiger partial charge is 0.346 e. The van der Waals surface area contributed by atoms with Gasteiger partial charge in [-0.2, -0.15) is 0 Å². The Morgan fingerprint density at radius 1 is 1.09 bits per heavy atom. The molecule has 2 rings (SSSR count). The van der Waals surface area contributed by atoms with Crippen LogP contribution in [0.4, 0.5) is 5.69 Å². The van der Waals surface area contributed by atoms with Crippen LogP contribution in [0.1, 0.15) is 12.5 Å². The second-order valence-corrected chi connectivity index (χ2v) is 5.60. The lowest BCUT2D eigenvalue weighted by Crippen LogP contribution is -2.34. The smallest absolute Gasteiger partial charge is 0.243 e. The fourth-order valence-electron chi connectivity index (χ4n) is 1.86. The number of carbonyl (C=O) groups excluding carboxylic acids is 2. The van der Waals surface area contributed by atoms with E-state index in [0.717, 1.165) is 17.7 Å². The Kier molecular flexibility index (Phi) is 6.56. The molecule has 1 aromatic heterocycles. The minimum absolute atomic E-state index is 0.0624. The van der Waals surface area contributed by atoms with Crippen LogP contribution in [-0.2, 0) is 16.0 Å². The van der Waals surface area contributed by atoms with Crippen LogP contribution < -0.4 is 10.6 Å². The number of hydrogen-bond acceptors (Lipinski definition) is 5. The van der Waals surface area contributed by atoms with Crippen molar-refractivity contribution >= 4 is 29.3 Å². The van der Waals surface area contributed by atoms with Crippen molar-refractivity contribution in [2.45, 2.75) is 18.5 Å². The lowest BCUT2D eigenvalue weighted by atomic mass is 10.1. The SMILES string of the molecule is CCc1ccccc1NC(=O)CNC(=O)CSc1ncccn1. The maximum atomic E-state index is 11.9. The summed E-state index contributed by atoms with van der Waals surface area (Å²) in [6.45, 7) is 1.96. The number of para-hydroxylation sites is 1. The fourth-order valence-corrected chi connectivity index (χ4v) is 2.50. The Bertz CT molecular complexity index is 664. The van der Waals surface area contributed by atoms with Gasteiger partial charge >= 0.3 is 0 Å². The maximum Gasteiger partial charge on any atom is 0.243 e. The number of thioether (sulfide) groups is 1. The van der Waals surface area contributed by atoms with Gasteiger partial charge in [0.15, 0.2) is 5.16 Å². The molecule has 0 saturated carbocycles. The van der Waals surface area contributed by atoms with Crippen molar-refractivity contribution < 1.29 is 9.59 Å². The number of benzene rings is 1. The number of nitrogens with zero attached hydrogens (tertiary/aromatic N) is 2. The summed E-state index contributed by atoms with van der Waals surface area (Å²) in [5, 5.41) is 5.92. The van der Waals surface area contributed by atoms with Crippen molar-refractivity contribution in [1.29, 1.82) is 0 Å². The Hall–Kier alpha value is -2.41. The number of nitrogens with one attached hydrogen (secondary N) is 2. The van der Waals surface area contributed by atoms with Crippen molar-refractivity contribution in [2.75, 3.05) is 17.6 Å². The van der Waals surface area contributed by atoms with Crippen LogP contribution in [0, 0.1) is 0 Å². The van der Waals surface area contributed by atoms with Crippen LogP contribution in [-0.4, -0.2) is 34.1 Å². The number of hydrogen-bond donors (Lipinski definition) is 2. The van der Waals surface area contributed by atoms with Crippen molar-refractivity contribution in [1.82, 2.24) is 15.3 Å². The third kappa shape index (κ3) is 5.71. The van der Waals surface area contributed by atoms with Gasteiger partial charge in [0, 0.05) is 18.1 Å². The van der Waals surface area contributed by atoms with E-state index in [4.69, 9.17) is 0 Å². The number of aromatic nitrogens is 2. The number of anilines is 1. The summed E-state index contributed by atoms with van der Waals surface area (Å²) < 4.78 is 0. The van der Waals surface area contributed by atoms with E-state index >= 15 is 0 Å². The van der Waals surface area contributed by atoms with Gasteiger partial charge in [0.2, 0.25) is 11.8 Å². The second kappa shape index (κ2) is 8.89. The summed E-state index contributed by atoms with van der Waals surface area (Å²) in [7, 11) is 0. The minimum Gasteiger partial charge on any atom is -0.346 e. The highest BCUT2D eigenvalue weighted by Gasteiger charge is 2.08. The van der Waals surface area contributed by atoms with Gasteiger partial charge in [-0.25, -0.2) is 9.97 Å². The van der Waals surface area contributed by atoms with Crippen molar-refractivity contribution in [3.8, 4) is 0 Å². The van der Waals surface area contributed by atoms with Gasteiger partial charge in [-0.15, -0.1) is 0 Å². The molecule has 1 heterocycles. The summed E-state index contributed by atoms with van der Waals surface area (Å²) in [6.07, 6.45) is 4.06. The molecule has 0 aliphatic heterocycles. The minimum atomic E-state index is -0.250. The first-order valence-electron chi connectivity index (χ1n) is 7.23. The standard InChI is InChI=1S/C16H18N4O2S/c1-2-12-6-3-4-7-13(12)20-14(21)10-19-15(22)11-23-16-17-8-5-9-18-16/h3-9H,2,10-11H2,1H3,(H,19,22)(H,20,21). The molecule has 2 amide bonds. The highest BCUT2D eigenvalue weighted by atomic mass is 32.2. The zero-order chi connectivity index (χ0) is 16.5. The fraction of sp³-hybridized carbons (Fsp3) is 0.250. The topological polar surface area (TPSA) is 84.0 Å². The third-order valence-electron chi connectivity index (χ3n) is 2.99. The molecule has 2 N–H and O–H groups in total. The van der Waals surface area contributed by atoms with Gasteiger partial charge in [-0.05, 0) is 24.1 Å². The van der Waals surface area contributed by atoms with E-state index in [-0.39, 0.29) is 24.1 Å². The molecule has 0 fully saturated rings. The molecule has 0 bridgehead atoms. The highest BCUT2D eigenvalue weighted by Crippen LogP contribution is 2.15. The lowest BCUT2D eigenvalue weighted by Gasteiger charge is -2.10. The van der Waals surface area contributed by atoms with Gasteiger partial charge in [0.05, 0.1) is 12.3 Å². The Morgan fingerprint density at radius 3 is 2.57 bits per heavy atom. The van der Waals surface area contributed by atoms with Gasteiger partial charge < -0.3 is 10.6 Å². The summed E-state index contributed by atoms with van der Waals surface area (Å²) >= 11 is 1.22. The zero-order valence-corrected chi connectivity index (χ0v) is 13.6. The van der Waals surface area contributed by atoms with Gasteiger partial charge in [-0.3, -0.25) is 9.59 Å². The molecule has 0 saturated heterocycles. The predicted molar refractivity (Wildman–Crippen MR) is 90.2 cm³/mol. The van der Waals surface area contributed by atoms with E-state index in [0.29, 0.717) is 5.16 Å². The van der Waals surface area contributed by atoms with Gasteiger partial charge in [0.1, 0.15) is 0 Å². The normalized spacial score (nSPS) is 10.1. The second-order valence-electron chi connectivity index (χ2n) is 4.66.